The van der Waals surface area contributed by atoms with Gasteiger partial charge in [0, 0.05) is 13.2 Å². The largest absolute Gasteiger partial charge is 0.396 e. The molecule has 4 heteroatoms. The van der Waals surface area contributed by atoms with E-state index >= 15 is 0 Å². The zero-order valence-electron chi connectivity index (χ0n) is 4.98. The Bertz CT molecular complexity index is 67.4. The standard InChI is InChI=1S/C5H10Br2O2/c6-5(7,1-3-8)2-4-9/h8-9H,1-4H2. The van der Waals surface area contributed by atoms with Crippen LogP contribution in [0.5, 0.6) is 0 Å². The normalized spacial score (nSPS) is 12.0. The maximum Gasteiger partial charge on any atom is 0.0849 e. The van der Waals surface area contributed by atoms with Crippen molar-refractivity contribution < 1.29 is 10.2 Å². The van der Waals surface area contributed by atoms with Gasteiger partial charge in [0.05, 0.1) is 3.23 Å². The smallest absolute Gasteiger partial charge is 0.0849 e. The first-order chi connectivity index (χ1) is 4.12. The average molecular weight is 262 g/mol. The Morgan fingerprint density at radius 2 is 1.33 bits per heavy atom. The molecule has 0 saturated carbocycles. The molecule has 0 saturated heterocycles. The van der Waals surface area contributed by atoms with Crippen LogP contribution in [0.4, 0.5) is 0 Å². The Morgan fingerprint density at radius 3 is 1.56 bits per heavy atom. The van der Waals surface area contributed by atoms with Crippen LogP contribution in [0.3, 0.4) is 0 Å². The number of hydrogen-bond donors (Lipinski definition) is 2. The van der Waals surface area contributed by atoms with Crippen molar-refractivity contribution in [3.63, 3.8) is 0 Å². The molecular formula is C5H10Br2O2. The fourth-order valence-electron chi connectivity index (χ4n) is 0.452. The fourth-order valence-corrected chi connectivity index (χ4v) is 1.16. The van der Waals surface area contributed by atoms with Crippen LogP contribution in [0.2, 0.25) is 0 Å². The van der Waals surface area contributed by atoms with Crippen LogP contribution in [-0.2, 0) is 0 Å². The van der Waals surface area contributed by atoms with Gasteiger partial charge in [0.15, 0.2) is 0 Å². The fraction of sp³-hybridized carbons (Fsp3) is 1.00. The summed E-state index contributed by atoms with van der Waals surface area (Å²) < 4.78 is -0.274. The van der Waals surface area contributed by atoms with E-state index in [1.165, 1.54) is 0 Å². The third-order valence-electron chi connectivity index (χ3n) is 0.955. The van der Waals surface area contributed by atoms with Gasteiger partial charge in [-0.25, -0.2) is 0 Å². The van der Waals surface area contributed by atoms with Crippen molar-refractivity contribution in [2.24, 2.45) is 0 Å². The summed E-state index contributed by atoms with van der Waals surface area (Å²) in [5, 5.41) is 17.0. The lowest BCUT2D eigenvalue weighted by molar-refractivity contribution is 0.257. The Balaban J connectivity index is 3.43. The van der Waals surface area contributed by atoms with Crippen molar-refractivity contribution in [3.05, 3.63) is 0 Å². The summed E-state index contributed by atoms with van der Waals surface area (Å²) in [5.74, 6) is 0. The van der Waals surface area contributed by atoms with E-state index in [1.807, 2.05) is 0 Å². The lowest BCUT2D eigenvalue weighted by Gasteiger charge is -2.16. The molecule has 0 amide bonds. The van der Waals surface area contributed by atoms with Crippen LogP contribution >= 0.6 is 31.9 Å². The van der Waals surface area contributed by atoms with E-state index in [-0.39, 0.29) is 16.4 Å². The van der Waals surface area contributed by atoms with Crippen molar-refractivity contribution in [1.29, 1.82) is 0 Å². The molecule has 0 spiro atoms. The van der Waals surface area contributed by atoms with Crippen molar-refractivity contribution >= 4 is 31.9 Å². The number of halogens is 2. The number of aliphatic hydroxyl groups is 2. The molecule has 56 valence electrons. The minimum atomic E-state index is -0.274. The summed E-state index contributed by atoms with van der Waals surface area (Å²) in [4.78, 5) is 0. The molecule has 0 fully saturated rings. The third-order valence-corrected chi connectivity index (χ3v) is 2.54. The van der Waals surface area contributed by atoms with Gasteiger partial charge in [0.25, 0.3) is 0 Å². The molecule has 0 aromatic carbocycles. The predicted molar refractivity (Wildman–Crippen MR) is 44.0 cm³/mol. The first kappa shape index (κ1) is 9.88. The molecule has 0 heterocycles. The highest BCUT2D eigenvalue weighted by Gasteiger charge is 2.20. The zero-order chi connectivity index (χ0) is 7.33. The Hall–Kier alpha value is 0.880. The molecule has 2 nitrogen and oxygen atoms in total. The van der Waals surface area contributed by atoms with E-state index in [9.17, 15) is 0 Å². The zero-order valence-corrected chi connectivity index (χ0v) is 8.15. The van der Waals surface area contributed by atoms with Crippen molar-refractivity contribution in [2.75, 3.05) is 13.2 Å². The van der Waals surface area contributed by atoms with Crippen LogP contribution < -0.4 is 0 Å². The minimum Gasteiger partial charge on any atom is -0.396 e. The van der Waals surface area contributed by atoms with Crippen LogP contribution in [0.1, 0.15) is 12.8 Å². The number of hydrogen-bond acceptors (Lipinski definition) is 2. The summed E-state index contributed by atoms with van der Waals surface area (Å²) in [6, 6.07) is 0. The maximum atomic E-state index is 8.49. The number of aliphatic hydroxyl groups excluding tert-OH is 2. The Kier molecular flexibility index (Phi) is 5.11. The molecule has 0 atom stereocenters. The first-order valence-corrected chi connectivity index (χ1v) is 4.30. The monoisotopic (exact) mass is 260 g/mol. The van der Waals surface area contributed by atoms with Gasteiger partial charge >= 0.3 is 0 Å². The van der Waals surface area contributed by atoms with Crippen molar-refractivity contribution in [3.8, 4) is 0 Å². The molecule has 0 aliphatic rings. The van der Waals surface area contributed by atoms with Gasteiger partial charge in [0.1, 0.15) is 0 Å². The Labute approximate surface area is 71.5 Å². The van der Waals surface area contributed by atoms with Gasteiger partial charge < -0.3 is 10.2 Å². The second-order valence-corrected chi connectivity index (χ2v) is 5.90. The highest BCUT2D eigenvalue weighted by molar-refractivity contribution is 9.25. The van der Waals surface area contributed by atoms with Gasteiger partial charge in [-0.1, -0.05) is 31.9 Å². The summed E-state index contributed by atoms with van der Waals surface area (Å²) in [5.41, 5.74) is 0. The minimum absolute atomic E-state index is 0.122. The quantitative estimate of drug-likeness (QED) is 0.748. The number of rotatable bonds is 4. The van der Waals surface area contributed by atoms with Gasteiger partial charge in [-0.2, -0.15) is 0 Å². The number of alkyl halides is 2. The molecule has 0 aliphatic carbocycles. The van der Waals surface area contributed by atoms with Crippen LogP contribution in [-0.4, -0.2) is 26.7 Å². The summed E-state index contributed by atoms with van der Waals surface area (Å²) in [7, 11) is 0. The van der Waals surface area contributed by atoms with E-state index in [0.717, 1.165) is 0 Å². The van der Waals surface area contributed by atoms with Crippen molar-refractivity contribution in [2.45, 2.75) is 16.1 Å². The molecule has 0 radical (unpaired) electrons. The second kappa shape index (κ2) is 4.66. The molecule has 0 unspecified atom stereocenters. The molecule has 2 N–H and O–H groups in total. The van der Waals surface area contributed by atoms with E-state index in [0.29, 0.717) is 12.8 Å². The van der Waals surface area contributed by atoms with Gasteiger partial charge in [0.2, 0.25) is 0 Å². The molecule has 0 aliphatic heterocycles. The van der Waals surface area contributed by atoms with Crippen LogP contribution in [0.15, 0.2) is 0 Å². The first-order valence-electron chi connectivity index (χ1n) is 2.72. The van der Waals surface area contributed by atoms with Crippen molar-refractivity contribution in [1.82, 2.24) is 0 Å². The van der Waals surface area contributed by atoms with E-state index in [2.05, 4.69) is 31.9 Å². The summed E-state index contributed by atoms with van der Waals surface area (Å²) in [6.07, 6.45) is 1.21. The molecule has 0 rings (SSSR count). The molecular weight excluding hydrogens is 252 g/mol. The molecule has 0 aromatic rings. The topological polar surface area (TPSA) is 40.5 Å². The summed E-state index contributed by atoms with van der Waals surface area (Å²) in [6.45, 7) is 0.243. The lowest BCUT2D eigenvalue weighted by Crippen LogP contribution is -2.14. The van der Waals surface area contributed by atoms with Gasteiger partial charge in [-0.05, 0) is 12.8 Å². The van der Waals surface area contributed by atoms with E-state index < -0.39 is 0 Å². The van der Waals surface area contributed by atoms with E-state index in [4.69, 9.17) is 10.2 Å². The lowest BCUT2D eigenvalue weighted by atomic mass is 10.2. The predicted octanol–water partition coefficient (Wildman–Crippen LogP) is 1.24. The maximum absolute atomic E-state index is 8.49. The Morgan fingerprint density at radius 1 is 1.00 bits per heavy atom. The second-order valence-electron chi connectivity index (χ2n) is 1.80. The highest BCUT2D eigenvalue weighted by atomic mass is 79.9. The van der Waals surface area contributed by atoms with Gasteiger partial charge in [-0.15, -0.1) is 0 Å². The highest BCUT2D eigenvalue weighted by Crippen LogP contribution is 2.32. The van der Waals surface area contributed by atoms with Gasteiger partial charge in [-0.3, -0.25) is 0 Å². The average Bonchev–Trinajstić information content (AvgIpc) is 1.64. The molecule has 0 bridgehead atoms. The van der Waals surface area contributed by atoms with Crippen LogP contribution in [0.25, 0.3) is 0 Å². The van der Waals surface area contributed by atoms with Crippen LogP contribution in [0, 0.1) is 0 Å². The van der Waals surface area contributed by atoms with E-state index in [1.54, 1.807) is 0 Å². The molecule has 9 heavy (non-hydrogen) atoms. The summed E-state index contributed by atoms with van der Waals surface area (Å²) >= 11 is 6.60. The SMILES string of the molecule is OCCC(Br)(Br)CCO. The molecule has 0 aromatic heterocycles. The third kappa shape index (κ3) is 5.33.